The first kappa shape index (κ1) is 14.3. The van der Waals surface area contributed by atoms with Gasteiger partial charge in [-0.25, -0.2) is 9.59 Å². The van der Waals surface area contributed by atoms with E-state index in [1.807, 2.05) is 0 Å². The van der Waals surface area contributed by atoms with Gasteiger partial charge in [0.2, 0.25) is 0 Å². The lowest BCUT2D eigenvalue weighted by molar-refractivity contribution is -0.144. The van der Waals surface area contributed by atoms with Crippen LogP contribution in [-0.4, -0.2) is 48.5 Å². The molecule has 106 valence electrons. The summed E-state index contributed by atoms with van der Waals surface area (Å²) in [4.78, 5) is 48.3. The monoisotopic (exact) mass is 297 g/mol. The molecule has 1 amide bonds. The Morgan fingerprint density at radius 2 is 1.75 bits per heavy atom. The van der Waals surface area contributed by atoms with E-state index in [1.165, 1.54) is 7.11 Å². The van der Waals surface area contributed by atoms with Crippen molar-refractivity contribution in [3.8, 4) is 0 Å². The smallest absolute Gasteiger partial charge is 0.355 e. The number of rotatable bonds is 2. The fraction of sp³-hybridized carbons (Fsp3) is 0.333. The zero-order valence-electron chi connectivity index (χ0n) is 11.0. The molecule has 0 saturated heterocycles. The number of ketones is 1. The zero-order valence-corrected chi connectivity index (χ0v) is 11.8. The molecule has 0 fully saturated rings. The molecule has 0 saturated carbocycles. The van der Waals surface area contributed by atoms with Crippen molar-refractivity contribution >= 4 is 35.4 Å². The number of hydrogen-bond acceptors (Lipinski definition) is 7. The highest BCUT2D eigenvalue weighted by atomic mass is 32.2. The van der Waals surface area contributed by atoms with Crippen molar-refractivity contribution in [2.45, 2.75) is 6.92 Å². The number of carbonyl (C=O) groups is 4. The molecule has 0 bridgehead atoms. The van der Waals surface area contributed by atoms with Gasteiger partial charge in [-0.1, -0.05) is 0 Å². The lowest BCUT2D eigenvalue weighted by atomic mass is 10.2. The van der Waals surface area contributed by atoms with Gasteiger partial charge in [0.25, 0.3) is 5.78 Å². The maximum atomic E-state index is 12.0. The molecule has 0 aromatic rings. The van der Waals surface area contributed by atoms with Gasteiger partial charge in [0.15, 0.2) is 0 Å². The van der Waals surface area contributed by atoms with Crippen LogP contribution in [0, 0.1) is 0 Å². The number of nitrogens with zero attached hydrogens (tertiary/aromatic N) is 1. The van der Waals surface area contributed by atoms with E-state index in [4.69, 9.17) is 0 Å². The number of thioether (sulfide) groups is 1. The summed E-state index contributed by atoms with van der Waals surface area (Å²) < 4.78 is 9.13. The largest absolute Gasteiger partial charge is 0.465 e. The highest BCUT2D eigenvalue weighted by molar-refractivity contribution is 8.03. The normalized spacial score (nSPS) is 18.4. The van der Waals surface area contributed by atoms with Gasteiger partial charge in [0.05, 0.1) is 14.2 Å². The fourth-order valence-electron chi connectivity index (χ4n) is 1.93. The Balaban J connectivity index is 2.60. The Morgan fingerprint density at radius 3 is 2.30 bits per heavy atom. The van der Waals surface area contributed by atoms with Crippen molar-refractivity contribution in [2.24, 2.45) is 0 Å². The van der Waals surface area contributed by atoms with E-state index in [0.29, 0.717) is 11.3 Å². The second-order valence-electron chi connectivity index (χ2n) is 4.05. The molecule has 2 rings (SSSR count). The molecule has 0 atom stereocenters. The van der Waals surface area contributed by atoms with Gasteiger partial charge in [-0.15, -0.1) is 11.8 Å². The molecule has 0 N–H and O–H groups in total. The molecule has 0 radical (unpaired) electrons. The first-order valence-electron chi connectivity index (χ1n) is 5.56. The molecule has 0 aromatic carbocycles. The summed E-state index contributed by atoms with van der Waals surface area (Å²) in [5.74, 6) is -3.18. The molecule has 0 unspecified atom stereocenters. The van der Waals surface area contributed by atoms with Crippen molar-refractivity contribution in [3.63, 3.8) is 0 Å². The van der Waals surface area contributed by atoms with Gasteiger partial charge >= 0.3 is 17.8 Å². The van der Waals surface area contributed by atoms with Gasteiger partial charge in [-0.05, 0) is 12.5 Å². The SMILES string of the molecule is COC(=O)C1=C2SCC(C)=C(C(=O)OC)N2C(=O)C1=O. The van der Waals surface area contributed by atoms with Crippen LogP contribution >= 0.6 is 11.8 Å². The summed E-state index contributed by atoms with van der Waals surface area (Å²) in [6.07, 6.45) is 0. The van der Waals surface area contributed by atoms with E-state index < -0.39 is 23.6 Å². The van der Waals surface area contributed by atoms with Crippen LogP contribution < -0.4 is 0 Å². The second-order valence-corrected chi connectivity index (χ2v) is 5.01. The van der Waals surface area contributed by atoms with Crippen LogP contribution in [0.4, 0.5) is 0 Å². The topological polar surface area (TPSA) is 90.0 Å². The third-order valence-electron chi connectivity index (χ3n) is 2.86. The molecule has 0 aromatic heterocycles. The number of carbonyl (C=O) groups excluding carboxylic acids is 4. The molecular weight excluding hydrogens is 286 g/mol. The summed E-state index contributed by atoms with van der Waals surface area (Å²) in [6, 6.07) is 0. The second kappa shape index (κ2) is 5.12. The highest BCUT2D eigenvalue weighted by Crippen LogP contribution is 2.40. The summed E-state index contributed by atoms with van der Waals surface area (Å²) in [6.45, 7) is 1.66. The molecular formula is C12H11NO6S. The molecule has 2 heterocycles. The van der Waals surface area contributed by atoms with Gasteiger partial charge < -0.3 is 9.47 Å². The van der Waals surface area contributed by atoms with Crippen LogP contribution in [0.1, 0.15) is 6.92 Å². The van der Waals surface area contributed by atoms with Crippen molar-refractivity contribution < 1.29 is 28.7 Å². The lowest BCUT2D eigenvalue weighted by Gasteiger charge is -2.27. The number of Topliss-reactive ketones (excluding diaryl/α,β-unsaturated/α-hetero) is 1. The van der Waals surface area contributed by atoms with Crippen molar-refractivity contribution in [2.75, 3.05) is 20.0 Å². The van der Waals surface area contributed by atoms with Crippen LogP contribution in [0.25, 0.3) is 0 Å². The Hall–Kier alpha value is -2.09. The third-order valence-corrected chi connectivity index (χ3v) is 4.10. The minimum atomic E-state index is -0.976. The summed E-state index contributed by atoms with van der Waals surface area (Å²) in [7, 11) is 2.30. The number of hydrogen-bond donors (Lipinski definition) is 0. The lowest BCUT2D eigenvalue weighted by Crippen LogP contribution is -2.35. The van der Waals surface area contributed by atoms with E-state index in [2.05, 4.69) is 9.47 Å². The molecule has 0 spiro atoms. The maximum Gasteiger partial charge on any atom is 0.355 e. The number of amides is 1. The molecule has 2 aliphatic heterocycles. The van der Waals surface area contributed by atoms with Crippen molar-refractivity contribution in [1.82, 2.24) is 4.90 Å². The number of ether oxygens (including phenoxy) is 2. The average Bonchev–Trinajstić information content (AvgIpc) is 2.70. The summed E-state index contributed by atoms with van der Waals surface area (Å²) >= 11 is 1.13. The minimum Gasteiger partial charge on any atom is -0.465 e. The Morgan fingerprint density at radius 1 is 1.15 bits per heavy atom. The average molecular weight is 297 g/mol. The van der Waals surface area contributed by atoms with Crippen LogP contribution in [0.15, 0.2) is 21.9 Å². The van der Waals surface area contributed by atoms with Gasteiger partial charge in [-0.3, -0.25) is 14.5 Å². The van der Waals surface area contributed by atoms with Crippen molar-refractivity contribution in [3.05, 3.63) is 21.9 Å². The van der Waals surface area contributed by atoms with Gasteiger partial charge in [0.1, 0.15) is 16.3 Å². The van der Waals surface area contributed by atoms with E-state index >= 15 is 0 Å². The Bertz CT molecular complexity index is 603. The van der Waals surface area contributed by atoms with Crippen LogP contribution in [0.5, 0.6) is 0 Å². The minimum absolute atomic E-state index is 0.0153. The third kappa shape index (κ3) is 1.92. The number of esters is 2. The van der Waals surface area contributed by atoms with Crippen LogP contribution in [0.2, 0.25) is 0 Å². The quantitative estimate of drug-likeness (QED) is 0.402. The molecule has 7 nitrogen and oxygen atoms in total. The highest BCUT2D eigenvalue weighted by Gasteiger charge is 2.48. The van der Waals surface area contributed by atoms with Gasteiger partial charge in [-0.2, -0.15) is 0 Å². The summed E-state index contributed by atoms with van der Waals surface area (Å²) in [5.41, 5.74) is 0.243. The molecule has 8 heteroatoms. The van der Waals surface area contributed by atoms with Crippen LogP contribution in [0.3, 0.4) is 0 Å². The fourth-order valence-corrected chi connectivity index (χ4v) is 3.04. The Kier molecular flexibility index (Phi) is 3.67. The van der Waals surface area contributed by atoms with Crippen molar-refractivity contribution in [1.29, 1.82) is 0 Å². The van der Waals surface area contributed by atoms with E-state index in [-0.39, 0.29) is 16.3 Å². The first-order valence-corrected chi connectivity index (χ1v) is 6.54. The predicted octanol–water partition coefficient (Wildman–Crippen LogP) is -0.0239. The number of methoxy groups -OCH3 is 2. The zero-order chi connectivity index (χ0) is 15.0. The molecule has 2 aliphatic rings. The number of fused-ring (bicyclic) bond motifs is 1. The van der Waals surface area contributed by atoms with E-state index in [9.17, 15) is 19.2 Å². The van der Waals surface area contributed by atoms with Crippen LogP contribution in [-0.2, 0) is 28.7 Å². The predicted molar refractivity (Wildman–Crippen MR) is 68.1 cm³/mol. The molecule has 20 heavy (non-hydrogen) atoms. The van der Waals surface area contributed by atoms with E-state index in [1.54, 1.807) is 6.92 Å². The standard InChI is InChI=1S/C12H11NO6S/c1-5-4-20-10-6(11(16)18-2)8(14)9(15)13(10)7(5)12(17)19-3/h4H2,1-3H3. The molecule has 0 aliphatic carbocycles. The van der Waals surface area contributed by atoms with Gasteiger partial charge in [0, 0.05) is 5.75 Å². The first-order chi connectivity index (χ1) is 9.43. The Labute approximate surface area is 118 Å². The van der Waals surface area contributed by atoms with E-state index in [0.717, 1.165) is 23.8 Å². The maximum absolute atomic E-state index is 12.0. The summed E-state index contributed by atoms with van der Waals surface area (Å²) in [5, 5.41) is 0.123.